The number of hydrogen-bond acceptors (Lipinski definition) is 3. The molecule has 1 aliphatic rings. The number of nitrogens with two attached hydrogens (primary N) is 1. The van der Waals surface area contributed by atoms with Crippen LogP contribution in [0.25, 0.3) is 0 Å². The predicted molar refractivity (Wildman–Crippen MR) is 53.0 cm³/mol. The maximum Gasteiger partial charge on any atom is 0.117 e. The lowest BCUT2D eigenvalue weighted by Crippen LogP contribution is -2.22. The SMILES string of the molecule is NCC1CCNc2cc(O)ccc21. The van der Waals surface area contributed by atoms with Gasteiger partial charge in [-0.1, -0.05) is 6.07 Å². The van der Waals surface area contributed by atoms with Crippen LogP contribution < -0.4 is 11.1 Å². The maximum absolute atomic E-state index is 9.28. The third-order valence-corrected chi connectivity index (χ3v) is 2.57. The van der Waals surface area contributed by atoms with E-state index in [1.54, 1.807) is 12.1 Å². The molecule has 1 aromatic rings. The summed E-state index contributed by atoms with van der Waals surface area (Å²) in [6.45, 7) is 1.62. The first-order valence-corrected chi connectivity index (χ1v) is 4.58. The van der Waals surface area contributed by atoms with Crippen molar-refractivity contribution in [2.24, 2.45) is 5.73 Å². The molecule has 2 rings (SSSR count). The summed E-state index contributed by atoms with van der Waals surface area (Å²) in [5.74, 6) is 0.751. The zero-order valence-electron chi connectivity index (χ0n) is 7.46. The van der Waals surface area contributed by atoms with Gasteiger partial charge in [-0.3, -0.25) is 0 Å². The molecule has 70 valence electrons. The minimum atomic E-state index is 0.309. The van der Waals surface area contributed by atoms with Crippen LogP contribution in [0.1, 0.15) is 17.9 Å². The second-order valence-corrected chi connectivity index (χ2v) is 3.42. The van der Waals surface area contributed by atoms with Gasteiger partial charge >= 0.3 is 0 Å². The Morgan fingerprint density at radius 1 is 1.54 bits per heavy atom. The predicted octanol–water partition coefficient (Wildman–Crippen LogP) is 1.25. The second-order valence-electron chi connectivity index (χ2n) is 3.42. The van der Waals surface area contributed by atoms with Gasteiger partial charge in [0.25, 0.3) is 0 Å². The third-order valence-electron chi connectivity index (χ3n) is 2.57. The summed E-state index contributed by atoms with van der Waals surface area (Å²) in [5, 5.41) is 12.5. The Balaban J connectivity index is 2.40. The molecule has 0 spiro atoms. The molecule has 1 aromatic carbocycles. The van der Waals surface area contributed by atoms with Crippen molar-refractivity contribution in [3.8, 4) is 5.75 Å². The summed E-state index contributed by atoms with van der Waals surface area (Å²) in [6, 6.07) is 5.43. The minimum absolute atomic E-state index is 0.309. The fraction of sp³-hybridized carbons (Fsp3) is 0.400. The van der Waals surface area contributed by atoms with E-state index in [1.165, 1.54) is 5.56 Å². The van der Waals surface area contributed by atoms with E-state index in [9.17, 15) is 5.11 Å². The van der Waals surface area contributed by atoms with Gasteiger partial charge in [-0.15, -0.1) is 0 Å². The Hall–Kier alpha value is -1.22. The van der Waals surface area contributed by atoms with Crippen LogP contribution in [0, 0.1) is 0 Å². The summed E-state index contributed by atoms with van der Waals surface area (Å²) in [4.78, 5) is 0. The van der Waals surface area contributed by atoms with Gasteiger partial charge in [-0.25, -0.2) is 0 Å². The van der Waals surface area contributed by atoms with Crippen molar-refractivity contribution < 1.29 is 5.11 Å². The van der Waals surface area contributed by atoms with E-state index in [0.717, 1.165) is 18.7 Å². The monoisotopic (exact) mass is 178 g/mol. The summed E-state index contributed by atoms with van der Waals surface area (Å²) in [5.41, 5.74) is 7.92. The maximum atomic E-state index is 9.28. The molecule has 3 heteroatoms. The average molecular weight is 178 g/mol. The zero-order valence-corrected chi connectivity index (χ0v) is 7.46. The number of rotatable bonds is 1. The molecule has 1 aliphatic heterocycles. The molecule has 0 amide bonds. The normalized spacial score (nSPS) is 20.5. The Labute approximate surface area is 77.6 Å². The zero-order chi connectivity index (χ0) is 9.26. The van der Waals surface area contributed by atoms with Gasteiger partial charge in [0.1, 0.15) is 5.75 Å². The fourth-order valence-corrected chi connectivity index (χ4v) is 1.83. The minimum Gasteiger partial charge on any atom is -0.508 e. The molecule has 1 heterocycles. The van der Waals surface area contributed by atoms with E-state index in [4.69, 9.17) is 5.73 Å². The van der Waals surface area contributed by atoms with Gasteiger partial charge < -0.3 is 16.2 Å². The second kappa shape index (κ2) is 3.26. The number of hydrogen-bond donors (Lipinski definition) is 3. The topological polar surface area (TPSA) is 58.3 Å². The van der Waals surface area contributed by atoms with Crippen molar-refractivity contribution in [3.05, 3.63) is 23.8 Å². The van der Waals surface area contributed by atoms with E-state index in [1.807, 2.05) is 6.07 Å². The van der Waals surface area contributed by atoms with Crippen LogP contribution in [0.15, 0.2) is 18.2 Å². The standard InChI is InChI=1S/C10H14N2O/c11-6-7-3-4-12-10-5-8(13)1-2-9(7)10/h1-2,5,7,12-13H,3-4,6,11H2. The largest absolute Gasteiger partial charge is 0.508 e. The van der Waals surface area contributed by atoms with E-state index >= 15 is 0 Å². The number of aromatic hydroxyl groups is 1. The Morgan fingerprint density at radius 3 is 3.15 bits per heavy atom. The van der Waals surface area contributed by atoms with Gasteiger partial charge in [-0.05, 0) is 30.5 Å². The first-order chi connectivity index (χ1) is 6.31. The Kier molecular flexibility index (Phi) is 2.10. The summed E-state index contributed by atoms with van der Waals surface area (Å²) >= 11 is 0. The molecule has 3 nitrogen and oxygen atoms in total. The molecule has 0 radical (unpaired) electrons. The van der Waals surface area contributed by atoms with Gasteiger partial charge in [0, 0.05) is 18.3 Å². The van der Waals surface area contributed by atoms with Gasteiger partial charge in [0.15, 0.2) is 0 Å². The van der Waals surface area contributed by atoms with Crippen LogP contribution in [0.4, 0.5) is 5.69 Å². The van der Waals surface area contributed by atoms with Crippen LogP contribution in [0.2, 0.25) is 0 Å². The molecule has 1 atom stereocenters. The molecule has 1 unspecified atom stereocenters. The van der Waals surface area contributed by atoms with Crippen molar-refractivity contribution in [1.82, 2.24) is 0 Å². The van der Waals surface area contributed by atoms with Gasteiger partial charge in [-0.2, -0.15) is 0 Å². The van der Waals surface area contributed by atoms with E-state index in [-0.39, 0.29) is 0 Å². The van der Waals surface area contributed by atoms with Crippen LogP contribution >= 0.6 is 0 Å². The Bertz CT molecular complexity index is 312. The van der Waals surface area contributed by atoms with Crippen LogP contribution in [0.3, 0.4) is 0 Å². The first kappa shape index (κ1) is 8.38. The molecular formula is C10H14N2O. The number of fused-ring (bicyclic) bond motifs is 1. The van der Waals surface area contributed by atoms with Crippen molar-refractivity contribution >= 4 is 5.69 Å². The van der Waals surface area contributed by atoms with Crippen molar-refractivity contribution in [2.75, 3.05) is 18.4 Å². The molecule has 4 N–H and O–H groups in total. The number of phenolic OH excluding ortho intramolecular Hbond substituents is 1. The first-order valence-electron chi connectivity index (χ1n) is 4.58. The molecule has 0 saturated carbocycles. The molecule has 0 aromatic heterocycles. The summed E-state index contributed by atoms with van der Waals surface area (Å²) in [6.07, 6.45) is 1.08. The quantitative estimate of drug-likeness (QED) is 0.606. The highest BCUT2D eigenvalue weighted by molar-refractivity contribution is 5.58. The lowest BCUT2D eigenvalue weighted by molar-refractivity contribution is 0.474. The number of nitrogens with one attached hydrogen (secondary N) is 1. The average Bonchev–Trinajstić information content (AvgIpc) is 2.16. The van der Waals surface area contributed by atoms with Crippen LogP contribution in [-0.2, 0) is 0 Å². The third kappa shape index (κ3) is 1.47. The summed E-state index contributed by atoms with van der Waals surface area (Å²) in [7, 11) is 0. The fourth-order valence-electron chi connectivity index (χ4n) is 1.83. The van der Waals surface area contributed by atoms with E-state index < -0.39 is 0 Å². The molecule has 0 bridgehead atoms. The van der Waals surface area contributed by atoms with Gasteiger partial charge in [0.2, 0.25) is 0 Å². The smallest absolute Gasteiger partial charge is 0.117 e. The van der Waals surface area contributed by atoms with Crippen molar-refractivity contribution in [1.29, 1.82) is 0 Å². The van der Waals surface area contributed by atoms with E-state index in [0.29, 0.717) is 18.2 Å². The highest BCUT2D eigenvalue weighted by atomic mass is 16.3. The number of phenols is 1. The highest BCUT2D eigenvalue weighted by Crippen LogP contribution is 2.32. The number of benzene rings is 1. The van der Waals surface area contributed by atoms with Crippen LogP contribution in [0.5, 0.6) is 5.75 Å². The van der Waals surface area contributed by atoms with Crippen LogP contribution in [-0.4, -0.2) is 18.2 Å². The van der Waals surface area contributed by atoms with Crippen molar-refractivity contribution in [2.45, 2.75) is 12.3 Å². The molecule has 0 fully saturated rings. The summed E-state index contributed by atoms with van der Waals surface area (Å²) < 4.78 is 0. The molecule has 0 aliphatic carbocycles. The van der Waals surface area contributed by atoms with Crippen molar-refractivity contribution in [3.63, 3.8) is 0 Å². The molecule has 0 saturated heterocycles. The number of anilines is 1. The van der Waals surface area contributed by atoms with Gasteiger partial charge in [0.05, 0.1) is 0 Å². The highest BCUT2D eigenvalue weighted by Gasteiger charge is 2.18. The molecule has 13 heavy (non-hydrogen) atoms. The lowest BCUT2D eigenvalue weighted by Gasteiger charge is -2.25. The lowest BCUT2D eigenvalue weighted by atomic mass is 9.91. The Morgan fingerprint density at radius 2 is 2.38 bits per heavy atom. The van der Waals surface area contributed by atoms with E-state index in [2.05, 4.69) is 5.32 Å². The molecular weight excluding hydrogens is 164 g/mol.